The molecule has 18 heavy (non-hydrogen) atoms. The van der Waals surface area contributed by atoms with Crippen molar-refractivity contribution in [3.63, 3.8) is 0 Å². The van der Waals surface area contributed by atoms with Crippen molar-refractivity contribution >= 4 is 5.95 Å². The first-order valence-electron chi connectivity index (χ1n) is 5.79. The van der Waals surface area contributed by atoms with Gasteiger partial charge in [0.1, 0.15) is 5.75 Å². The lowest BCUT2D eigenvalue weighted by atomic mass is 10.2. The molecule has 94 valence electrons. The van der Waals surface area contributed by atoms with Gasteiger partial charge in [0.15, 0.2) is 0 Å². The number of nitrogens with one attached hydrogen (secondary N) is 1. The molecule has 0 spiro atoms. The van der Waals surface area contributed by atoms with Crippen LogP contribution in [-0.2, 0) is 0 Å². The molecule has 0 aliphatic carbocycles. The van der Waals surface area contributed by atoms with Crippen LogP contribution in [0, 0.1) is 6.92 Å². The van der Waals surface area contributed by atoms with E-state index in [4.69, 9.17) is 4.74 Å². The molecular formula is C14H17N3O. The largest absolute Gasteiger partial charge is 0.497 e. The summed E-state index contributed by atoms with van der Waals surface area (Å²) >= 11 is 0. The monoisotopic (exact) mass is 243 g/mol. The van der Waals surface area contributed by atoms with E-state index in [-0.39, 0.29) is 0 Å². The molecule has 0 aliphatic heterocycles. The van der Waals surface area contributed by atoms with Gasteiger partial charge in [0.2, 0.25) is 5.95 Å². The van der Waals surface area contributed by atoms with Gasteiger partial charge < -0.3 is 10.1 Å². The molecule has 4 nitrogen and oxygen atoms in total. The van der Waals surface area contributed by atoms with Crippen molar-refractivity contribution in [1.82, 2.24) is 9.55 Å². The average Bonchev–Trinajstić information content (AvgIpc) is 2.84. The zero-order valence-corrected chi connectivity index (χ0v) is 10.7. The Morgan fingerprint density at radius 1 is 1.50 bits per heavy atom. The molecule has 2 rings (SSSR count). The maximum Gasteiger partial charge on any atom is 0.207 e. The van der Waals surface area contributed by atoms with Gasteiger partial charge in [-0.2, -0.15) is 0 Å². The first-order valence-corrected chi connectivity index (χ1v) is 5.79. The summed E-state index contributed by atoms with van der Waals surface area (Å²) in [6, 6.07) is 5.97. The van der Waals surface area contributed by atoms with E-state index in [1.165, 1.54) is 0 Å². The Morgan fingerprint density at radius 2 is 2.33 bits per heavy atom. The van der Waals surface area contributed by atoms with Gasteiger partial charge in [-0.25, -0.2) is 4.98 Å². The van der Waals surface area contributed by atoms with Crippen LogP contribution in [0.3, 0.4) is 0 Å². The lowest BCUT2D eigenvalue weighted by molar-refractivity contribution is 0.414. The van der Waals surface area contributed by atoms with Crippen molar-refractivity contribution in [2.75, 3.05) is 19.0 Å². The van der Waals surface area contributed by atoms with Crippen LogP contribution in [-0.4, -0.2) is 23.2 Å². The molecule has 0 amide bonds. The average molecular weight is 243 g/mol. The van der Waals surface area contributed by atoms with E-state index in [0.29, 0.717) is 6.54 Å². The fourth-order valence-corrected chi connectivity index (χ4v) is 1.82. The summed E-state index contributed by atoms with van der Waals surface area (Å²) in [5.74, 6) is 1.67. The standard InChI is InChI=1S/C14H17N3O/c1-4-7-15-14-16-8-9-17(14)13-6-5-12(18-3)10-11(13)2/h4-6,8-10H,1,7H2,2-3H3,(H,15,16). The van der Waals surface area contributed by atoms with Gasteiger partial charge in [-0.05, 0) is 30.7 Å². The van der Waals surface area contributed by atoms with Crippen LogP contribution in [0.2, 0.25) is 0 Å². The molecule has 1 aromatic carbocycles. The van der Waals surface area contributed by atoms with Crippen molar-refractivity contribution in [3.8, 4) is 11.4 Å². The molecule has 0 fully saturated rings. The predicted octanol–water partition coefficient (Wildman–Crippen LogP) is 2.79. The number of hydrogen-bond donors (Lipinski definition) is 1. The Hall–Kier alpha value is -2.23. The molecule has 1 heterocycles. The second-order valence-corrected chi connectivity index (χ2v) is 3.94. The van der Waals surface area contributed by atoms with Gasteiger partial charge in [0.05, 0.1) is 12.8 Å². The van der Waals surface area contributed by atoms with Gasteiger partial charge in [0.25, 0.3) is 0 Å². The zero-order valence-electron chi connectivity index (χ0n) is 10.7. The smallest absolute Gasteiger partial charge is 0.207 e. The summed E-state index contributed by atoms with van der Waals surface area (Å²) in [5.41, 5.74) is 2.22. The molecule has 0 aliphatic rings. The molecule has 0 radical (unpaired) electrons. The third kappa shape index (κ3) is 2.37. The summed E-state index contributed by atoms with van der Waals surface area (Å²) < 4.78 is 7.22. The van der Waals surface area contributed by atoms with Gasteiger partial charge in [-0.3, -0.25) is 4.57 Å². The topological polar surface area (TPSA) is 39.1 Å². The molecule has 0 saturated carbocycles. The van der Waals surface area contributed by atoms with Crippen molar-refractivity contribution < 1.29 is 4.74 Å². The summed E-state index contributed by atoms with van der Waals surface area (Å²) in [4.78, 5) is 4.29. The van der Waals surface area contributed by atoms with Crippen molar-refractivity contribution in [2.24, 2.45) is 0 Å². The number of rotatable bonds is 5. The van der Waals surface area contributed by atoms with Gasteiger partial charge in [-0.1, -0.05) is 6.08 Å². The predicted molar refractivity (Wildman–Crippen MR) is 73.5 cm³/mol. The fraction of sp³-hybridized carbons (Fsp3) is 0.214. The lowest BCUT2D eigenvalue weighted by Crippen LogP contribution is -2.06. The Bertz CT molecular complexity index is 546. The number of imidazole rings is 1. The zero-order chi connectivity index (χ0) is 13.0. The molecule has 0 unspecified atom stereocenters. The third-order valence-electron chi connectivity index (χ3n) is 2.71. The van der Waals surface area contributed by atoms with Crippen LogP contribution in [0.4, 0.5) is 5.95 Å². The van der Waals surface area contributed by atoms with Crippen LogP contribution in [0.15, 0.2) is 43.2 Å². The van der Waals surface area contributed by atoms with Crippen LogP contribution >= 0.6 is 0 Å². The highest BCUT2D eigenvalue weighted by Crippen LogP contribution is 2.22. The minimum absolute atomic E-state index is 0.687. The molecule has 0 bridgehead atoms. The number of aromatic nitrogens is 2. The minimum Gasteiger partial charge on any atom is -0.497 e. The fourth-order valence-electron chi connectivity index (χ4n) is 1.82. The molecule has 0 saturated heterocycles. The van der Waals surface area contributed by atoms with Gasteiger partial charge in [0, 0.05) is 18.9 Å². The Kier molecular flexibility index (Phi) is 3.67. The first kappa shape index (κ1) is 12.2. The second kappa shape index (κ2) is 5.40. The summed E-state index contributed by atoms with van der Waals surface area (Å²) in [6.07, 6.45) is 5.51. The number of nitrogens with zero attached hydrogens (tertiary/aromatic N) is 2. The van der Waals surface area contributed by atoms with Crippen molar-refractivity contribution in [3.05, 3.63) is 48.8 Å². The van der Waals surface area contributed by atoms with E-state index in [9.17, 15) is 0 Å². The molecule has 2 aromatic rings. The van der Waals surface area contributed by atoms with Crippen LogP contribution in [0.25, 0.3) is 5.69 Å². The maximum absolute atomic E-state index is 5.21. The van der Waals surface area contributed by atoms with Gasteiger partial charge >= 0.3 is 0 Å². The molecular weight excluding hydrogens is 226 g/mol. The molecule has 0 atom stereocenters. The number of benzene rings is 1. The normalized spacial score (nSPS) is 10.1. The lowest BCUT2D eigenvalue weighted by Gasteiger charge is -2.12. The van der Waals surface area contributed by atoms with E-state index in [2.05, 4.69) is 23.8 Å². The number of methoxy groups -OCH3 is 1. The highest BCUT2D eigenvalue weighted by atomic mass is 16.5. The van der Waals surface area contributed by atoms with Gasteiger partial charge in [-0.15, -0.1) is 6.58 Å². The number of aryl methyl sites for hydroxylation is 1. The van der Waals surface area contributed by atoms with Crippen molar-refractivity contribution in [2.45, 2.75) is 6.92 Å². The second-order valence-electron chi connectivity index (χ2n) is 3.94. The Morgan fingerprint density at radius 3 is 3.00 bits per heavy atom. The molecule has 1 aromatic heterocycles. The third-order valence-corrected chi connectivity index (χ3v) is 2.71. The number of anilines is 1. The van der Waals surface area contributed by atoms with Crippen LogP contribution in [0.1, 0.15) is 5.56 Å². The maximum atomic E-state index is 5.21. The van der Waals surface area contributed by atoms with E-state index < -0.39 is 0 Å². The highest BCUT2D eigenvalue weighted by molar-refractivity contribution is 5.49. The van der Waals surface area contributed by atoms with E-state index in [1.807, 2.05) is 29.0 Å². The minimum atomic E-state index is 0.687. The number of hydrogen-bond acceptors (Lipinski definition) is 3. The number of ether oxygens (including phenoxy) is 1. The van der Waals surface area contributed by atoms with E-state index in [0.717, 1.165) is 22.9 Å². The summed E-state index contributed by atoms with van der Waals surface area (Å²) in [6.45, 7) is 6.42. The summed E-state index contributed by atoms with van der Waals surface area (Å²) in [7, 11) is 1.67. The SMILES string of the molecule is C=CCNc1nccn1-c1ccc(OC)cc1C. The Balaban J connectivity index is 2.36. The Labute approximate surface area is 107 Å². The van der Waals surface area contributed by atoms with E-state index in [1.54, 1.807) is 19.4 Å². The van der Waals surface area contributed by atoms with Crippen LogP contribution in [0.5, 0.6) is 5.75 Å². The van der Waals surface area contributed by atoms with E-state index >= 15 is 0 Å². The van der Waals surface area contributed by atoms with Crippen molar-refractivity contribution in [1.29, 1.82) is 0 Å². The quantitative estimate of drug-likeness (QED) is 0.821. The van der Waals surface area contributed by atoms with Crippen LogP contribution < -0.4 is 10.1 Å². The first-order chi connectivity index (χ1) is 8.76. The highest BCUT2D eigenvalue weighted by Gasteiger charge is 2.07. The molecule has 1 N–H and O–H groups in total. The molecule has 4 heteroatoms. The summed E-state index contributed by atoms with van der Waals surface area (Å²) in [5, 5.41) is 3.20.